The molecule has 0 amide bonds. The van der Waals surface area contributed by atoms with Crippen molar-refractivity contribution in [1.82, 2.24) is 5.43 Å². The molecule has 0 aliphatic carbocycles. The highest BCUT2D eigenvalue weighted by molar-refractivity contribution is 5.84. The van der Waals surface area contributed by atoms with Gasteiger partial charge in [0.1, 0.15) is 5.84 Å². The first kappa shape index (κ1) is 9.48. The van der Waals surface area contributed by atoms with Crippen molar-refractivity contribution < 1.29 is 4.74 Å². The maximum atomic E-state index is 5.42. The lowest BCUT2D eigenvalue weighted by Gasteiger charge is -2.15. The Morgan fingerprint density at radius 3 is 2.92 bits per heavy atom. The van der Waals surface area contributed by atoms with Crippen molar-refractivity contribution in [2.24, 2.45) is 16.8 Å². The van der Waals surface area contributed by atoms with Crippen LogP contribution >= 0.6 is 0 Å². The fourth-order valence-corrected chi connectivity index (χ4v) is 1.53. The molecule has 0 aromatic rings. The third kappa shape index (κ3) is 1.95. The summed E-state index contributed by atoms with van der Waals surface area (Å²) < 4.78 is 5.42. The van der Waals surface area contributed by atoms with Gasteiger partial charge >= 0.3 is 0 Å². The smallest absolute Gasteiger partial charge is 0.116 e. The molecule has 4 heteroatoms. The summed E-state index contributed by atoms with van der Waals surface area (Å²) in [4.78, 5) is 4.28. The fourth-order valence-electron chi connectivity index (χ4n) is 1.53. The standard InChI is InChI=1S/C8H17N3O/c1-3-10-8(11-9)7-4-5-12-6(7)2/h6-7H,3-5,9H2,1-2H3,(H,10,11). The van der Waals surface area contributed by atoms with Gasteiger partial charge in [-0.2, -0.15) is 0 Å². The molecular formula is C8H17N3O. The minimum atomic E-state index is 0.242. The van der Waals surface area contributed by atoms with E-state index in [9.17, 15) is 0 Å². The van der Waals surface area contributed by atoms with Crippen molar-refractivity contribution in [1.29, 1.82) is 0 Å². The van der Waals surface area contributed by atoms with Gasteiger partial charge in [-0.15, -0.1) is 0 Å². The average Bonchev–Trinajstić information content (AvgIpc) is 2.47. The zero-order chi connectivity index (χ0) is 8.97. The molecule has 2 unspecified atom stereocenters. The van der Waals surface area contributed by atoms with E-state index in [4.69, 9.17) is 10.6 Å². The maximum absolute atomic E-state index is 5.42. The van der Waals surface area contributed by atoms with Gasteiger partial charge in [-0.25, -0.2) is 5.84 Å². The van der Waals surface area contributed by atoms with E-state index in [1.165, 1.54) is 0 Å². The first-order valence-corrected chi connectivity index (χ1v) is 4.42. The molecule has 0 aromatic carbocycles. The first-order chi connectivity index (χ1) is 5.79. The van der Waals surface area contributed by atoms with Gasteiger partial charge in [0.05, 0.1) is 6.10 Å². The highest BCUT2D eigenvalue weighted by Crippen LogP contribution is 2.20. The molecule has 1 rings (SSSR count). The van der Waals surface area contributed by atoms with Crippen LogP contribution in [0.4, 0.5) is 0 Å². The lowest BCUT2D eigenvalue weighted by Crippen LogP contribution is -2.39. The van der Waals surface area contributed by atoms with E-state index in [1.807, 2.05) is 6.92 Å². The van der Waals surface area contributed by atoms with Gasteiger partial charge in [-0.05, 0) is 20.3 Å². The Bertz CT molecular complexity index is 170. The Morgan fingerprint density at radius 1 is 1.75 bits per heavy atom. The summed E-state index contributed by atoms with van der Waals surface area (Å²) in [5.74, 6) is 6.60. The molecule has 1 saturated heterocycles. The predicted molar refractivity (Wildman–Crippen MR) is 48.8 cm³/mol. The molecule has 1 aliphatic heterocycles. The van der Waals surface area contributed by atoms with E-state index >= 15 is 0 Å². The van der Waals surface area contributed by atoms with Crippen LogP contribution in [0.25, 0.3) is 0 Å². The zero-order valence-corrected chi connectivity index (χ0v) is 7.71. The van der Waals surface area contributed by atoms with Crippen LogP contribution < -0.4 is 11.3 Å². The Hall–Kier alpha value is -0.610. The molecule has 3 N–H and O–H groups in total. The van der Waals surface area contributed by atoms with Gasteiger partial charge in [-0.1, -0.05) is 0 Å². The number of hydrogen-bond donors (Lipinski definition) is 2. The van der Waals surface area contributed by atoms with E-state index in [2.05, 4.69) is 17.3 Å². The second-order valence-corrected chi connectivity index (χ2v) is 2.97. The summed E-state index contributed by atoms with van der Waals surface area (Å²) in [7, 11) is 0. The molecule has 1 aliphatic rings. The van der Waals surface area contributed by atoms with Crippen LogP contribution in [0.1, 0.15) is 20.3 Å². The second-order valence-electron chi connectivity index (χ2n) is 2.97. The Labute approximate surface area is 73.2 Å². The number of ether oxygens (including phenoxy) is 1. The number of nitrogens with zero attached hydrogens (tertiary/aromatic N) is 1. The number of rotatable bonds is 2. The maximum Gasteiger partial charge on any atom is 0.116 e. The molecule has 2 atom stereocenters. The molecule has 4 nitrogen and oxygen atoms in total. The molecule has 1 fully saturated rings. The molecule has 12 heavy (non-hydrogen) atoms. The lowest BCUT2D eigenvalue weighted by molar-refractivity contribution is 0.116. The minimum absolute atomic E-state index is 0.242. The third-order valence-corrected chi connectivity index (χ3v) is 2.20. The number of nitrogens with two attached hydrogens (primary N) is 1. The molecule has 0 radical (unpaired) electrons. The average molecular weight is 171 g/mol. The molecule has 0 spiro atoms. The van der Waals surface area contributed by atoms with Crippen molar-refractivity contribution >= 4 is 5.84 Å². The Balaban J connectivity index is 2.58. The quantitative estimate of drug-likeness (QED) is 0.272. The van der Waals surface area contributed by atoms with Crippen LogP contribution in [-0.4, -0.2) is 25.1 Å². The molecule has 0 bridgehead atoms. The minimum Gasteiger partial charge on any atom is -0.378 e. The van der Waals surface area contributed by atoms with Crippen molar-refractivity contribution in [2.75, 3.05) is 13.2 Å². The number of hydrazine groups is 1. The summed E-state index contributed by atoms with van der Waals surface area (Å²) in [5, 5.41) is 0. The van der Waals surface area contributed by atoms with Gasteiger partial charge in [0.25, 0.3) is 0 Å². The van der Waals surface area contributed by atoms with Crippen molar-refractivity contribution in [3.8, 4) is 0 Å². The number of nitrogens with one attached hydrogen (secondary N) is 1. The van der Waals surface area contributed by atoms with Gasteiger partial charge < -0.3 is 10.2 Å². The molecule has 1 heterocycles. The van der Waals surface area contributed by atoms with E-state index in [0.29, 0.717) is 5.92 Å². The number of aliphatic imine (C=N–C) groups is 1. The molecule has 0 aromatic heterocycles. The zero-order valence-electron chi connectivity index (χ0n) is 7.71. The van der Waals surface area contributed by atoms with Crippen LogP contribution in [0.15, 0.2) is 4.99 Å². The van der Waals surface area contributed by atoms with Crippen LogP contribution in [0.2, 0.25) is 0 Å². The SMILES string of the molecule is CCN=C(NN)C1CCOC1C. The molecule has 0 saturated carbocycles. The molecular weight excluding hydrogens is 154 g/mol. The molecule has 70 valence electrons. The summed E-state index contributed by atoms with van der Waals surface area (Å²) in [6.45, 7) is 5.64. The lowest BCUT2D eigenvalue weighted by atomic mass is 10.0. The summed E-state index contributed by atoms with van der Waals surface area (Å²) in [6.07, 6.45) is 1.26. The largest absolute Gasteiger partial charge is 0.378 e. The van der Waals surface area contributed by atoms with Crippen LogP contribution in [0.3, 0.4) is 0 Å². The van der Waals surface area contributed by atoms with E-state index in [-0.39, 0.29) is 6.10 Å². The second kappa shape index (κ2) is 4.42. The Morgan fingerprint density at radius 2 is 2.50 bits per heavy atom. The Kier molecular flexibility index (Phi) is 3.49. The normalized spacial score (nSPS) is 30.8. The summed E-state index contributed by atoms with van der Waals surface area (Å²) in [5.41, 5.74) is 2.65. The predicted octanol–water partition coefficient (Wildman–Crippen LogP) is 0.293. The van der Waals surface area contributed by atoms with Gasteiger partial charge in [0, 0.05) is 19.1 Å². The van der Waals surface area contributed by atoms with Crippen LogP contribution in [-0.2, 0) is 4.74 Å². The topological polar surface area (TPSA) is 59.6 Å². The summed E-state index contributed by atoms with van der Waals surface area (Å²) in [6, 6.07) is 0. The van der Waals surface area contributed by atoms with E-state index < -0.39 is 0 Å². The number of amidine groups is 1. The first-order valence-electron chi connectivity index (χ1n) is 4.42. The van der Waals surface area contributed by atoms with E-state index in [0.717, 1.165) is 25.4 Å². The highest BCUT2D eigenvalue weighted by atomic mass is 16.5. The highest BCUT2D eigenvalue weighted by Gasteiger charge is 2.28. The monoisotopic (exact) mass is 171 g/mol. The number of hydrogen-bond acceptors (Lipinski definition) is 3. The van der Waals surface area contributed by atoms with Gasteiger partial charge in [-0.3, -0.25) is 4.99 Å². The third-order valence-electron chi connectivity index (χ3n) is 2.20. The van der Waals surface area contributed by atoms with Crippen LogP contribution in [0, 0.1) is 5.92 Å². The summed E-state index contributed by atoms with van der Waals surface area (Å²) >= 11 is 0. The van der Waals surface area contributed by atoms with Crippen molar-refractivity contribution in [3.05, 3.63) is 0 Å². The van der Waals surface area contributed by atoms with Crippen LogP contribution in [0.5, 0.6) is 0 Å². The van der Waals surface area contributed by atoms with E-state index in [1.54, 1.807) is 0 Å². The van der Waals surface area contributed by atoms with Gasteiger partial charge in [0.15, 0.2) is 0 Å². The van der Waals surface area contributed by atoms with Crippen molar-refractivity contribution in [2.45, 2.75) is 26.4 Å². The van der Waals surface area contributed by atoms with Crippen molar-refractivity contribution in [3.63, 3.8) is 0 Å². The fraction of sp³-hybridized carbons (Fsp3) is 0.875. The van der Waals surface area contributed by atoms with Gasteiger partial charge in [0.2, 0.25) is 0 Å².